The highest BCUT2D eigenvalue weighted by atomic mass is 14.3. The summed E-state index contributed by atoms with van der Waals surface area (Å²) in [5, 5.41) is 0. The third-order valence-electron chi connectivity index (χ3n) is 3.32. The molecule has 0 unspecified atom stereocenters. The van der Waals surface area contributed by atoms with Crippen LogP contribution in [0.15, 0.2) is 61.2 Å². The Morgan fingerprint density at radius 1 is 1.18 bits per heavy atom. The molecule has 0 aromatic heterocycles. The van der Waals surface area contributed by atoms with Crippen LogP contribution in [0, 0.1) is 0 Å². The van der Waals surface area contributed by atoms with E-state index in [1.165, 1.54) is 16.7 Å². The Morgan fingerprint density at radius 3 is 2.18 bits per heavy atom. The summed E-state index contributed by atoms with van der Waals surface area (Å²) in [6.07, 6.45) is 6.84. The van der Waals surface area contributed by atoms with E-state index >= 15 is 0 Å². The van der Waals surface area contributed by atoms with E-state index in [2.05, 4.69) is 58.2 Å². The van der Waals surface area contributed by atoms with Gasteiger partial charge in [0.05, 0.1) is 0 Å². The first-order chi connectivity index (χ1) is 8.06. The highest BCUT2D eigenvalue weighted by Crippen LogP contribution is 2.32. The van der Waals surface area contributed by atoms with Crippen molar-refractivity contribution in [3.8, 4) is 0 Å². The fraction of sp³-hybridized carbons (Fsp3) is 0.294. The Kier molecular flexibility index (Phi) is 4.51. The van der Waals surface area contributed by atoms with Crippen molar-refractivity contribution in [2.24, 2.45) is 0 Å². The van der Waals surface area contributed by atoms with E-state index in [9.17, 15) is 0 Å². The predicted molar refractivity (Wildman–Crippen MR) is 77.3 cm³/mol. The first-order valence-corrected chi connectivity index (χ1v) is 6.11. The van der Waals surface area contributed by atoms with Gasteiger partial charge < -0.3 is 0 Å². The van der Waals surface area contributed by atoms with Gasteiger partial charge in [-0.1, -0.05) is 76.4 Å². The lowest BCUT2D eigenvalue weighted by Gasteiger charge is -2.27. The van der Waals surface area contributed by atoms with Crippen molar-refractivity contribution < 1.29 is 0 Å². The second-order valence-corrected chi connectivity index (χ2v) is 4.74. The second kappa shape index (κ2) is 5.67. The molecule has 1 rings (SSSR count). The fourth-order valence-corrected chi connectivity index (χ4v) is 1.98. The SMILES string of the molecule is C=C/C=C(\C=C)C(C)(C)c1ccc(CC)cc1. The zero-order valence-corrected chi connectivity index (χ0v) is 11.2. The van der Waals surface area contributed by atoms with Crippen molar-refractivity contribution in [2.75, 3.05) is 0 Å². The van der Waals surface area contributed by atoms with Crippen molar-refractivity contribution in [1.82, 2.24) is 0 Å². The number of aryl methyl sites for hydroxylation is 1. The van der Waals surface area contributed by atoms with Crippen LogP contribution >= 0.6 is 0 Å². The molecule has 0 aliphatic heterocycles. The molecule has 0 fully saturated rings. The Morgan fingerprint density at radius 2 is 1.76 bits per heavy atom. The summed E-state index contributed by atoms with van der Waals surface area (Å²) in [6, 6.07) is 8.82. The number of benzene rings is 1. The molecule has 90 valence electrons. The molecule has 0 heterocycles. The van der Waals surface area contributed by atoms with E-state index < -0.39 is 0 Å². The van der Waals surface area contributed by atoms with Gasteiger partial charge in [0.1, 0.15) is 0 Å². The molecule has 0 nitrogen and oxygen atoms in total. The van der Waals surface area contributed by atoms with E-state index in [1.807, 2.05) is 18.2 Å². The van der Waals surface area contributed by atoms with E-state index in [0.717, 1.165) is 6.42 Å². The van der Waals surface area contributed by atoms with E-state index in [1.54, 1.807) is 0 Å². The van der Waals surface area contributed by atoms with Gasteiger partial charge in [-0.2, -0.15) is 0 Å². The average Bonchev–Trinajstić information content (AvgIpc) is 2.35. The van der Waals surface area contributed by atoms with Crippen LogP contribution in [0.25, 0.3) is 0 Å². The maximum Gasteiger partial charge on any atom is 0.0146 e. The summed E-state index contributed by atoms with van der Waals surface area (Å²) in [4.78, 5) is 0. The molecule has 0 aliphatic carbocycles. The zero-order valence-electron chi connectivity index (χ0n) is 11.2. The van der Waals surface area contributed by atoms with Crippen LogP contribution < -0.4 is 0 Å². The summed E-state index contributed by atoms with van der Waals surface area (Å²) in [5.41, 5.74) is 3.85. The van der Waals surface area contributed by atoms with E-state index in [0.29, 0.717) is 0 Å². The van der Waals surface area contributed by atoms with Crippen LogP contribution in [0.3, 0.4) is 0 Å². The Labute approximate surface area is 105 Å². The second-order valence-electron chi connectivity index (χ2n) is 4.74. The van der Waals surface area contributed by atoms with Gasteiger partial charge in [-0.25, -0.2) is 0 Å². The molecule has 0 bridgehead atoms. The maximum absolute atomic E-state index is 3.89. The molecule has 1 aromatic carbocycles. The lowest BCUT2D eigenvalue weighted by Crippen LogP contribution is -2.19. The smallest absolute Gasteiger partial charge is 0.0146 e. The first-order valence-electron chi connectivity index (χ1n) is 6.11. The lowest BCUT2D eigenvalue weighted by atomic mass is 9.77. The summed E-state index contributed by atoms with van der Waals surface area (Å²) >= 11 is 0. The van der Waals surface area contributed by atoms with Crippen molar-refractivity contribution in [2.45, 2.75) is 32.6 Å². The lowest BCUT2D eigenvalue weighted by molar-refractivity contribution is 0.639. The molecule has 0 atom stereocenters. The maximum atomic E-state index is 3.89. The van der Waals surface area contributed by atoms with Gasteiger partial charge in [0.25, 0.3) is 0 Å². The van der Waals surface area contributed by atoms with E-state index in [-0.39, 0.29) is 5.41 Å². The standard InChI is InChI=1S/C17H22/c1-6-9-15(8-3)17(4,5)16-12-10-14(7-2)11-13-16/h6,8-13H,1,3,7H2,2,4-5H3/b15-9+. The van der Waals surface area contributed by atoms with Crippen LogP contribution in [0.1, 0.15) is 31.9 Å². The minimum Gasteiger partial charge on any atom is -0.0991 e. The fourth-order valence-electron chi connectivity index (χ4n) is 1.98. The average molecular weight is 226 g/mol. The molecule has 0 amide bonds. The molecule has 0 heteroatoms. The molecule has 1 aromatic rings. The number of hydrogen-bond acceptors (Lipinski definition) is 0. The Bertz CT molecular complexity index is 416. The van der Waals surface area contributed by atoms with Gasteiger partial charge in [0, 0.05) is 5.41 Å². The summed E-state index contributed by atoms with van der Waals surface area (Å²) in [5.74, 6) is 0. The molecule has 0 saturated heterocycles. The van der Waals surface area contributed by atoms with Crippen LogP contribution in [0.5, 0.6) is 0 Å². The number of allylic oxidation sites excluding steroid dienone is 4. The zero-order chi connectivity index (χ0) is 12.9. The summed E-state index contributed by atoms with van der Waals surface area (Å²) in [6.45, 7) is 14.2. The summed E-state index contributed by atoms with van der Waals surface area (Å²) in [7, 11) is 0. The highest BCUT2D eigenvalue weighted by Gasteiger charge is 2.23. The molecule has 0 radical (unpaired) electrons. The molecular weight excluding hydrogens is 204 g/mol. The minimum atomic E-state index is -0.0256. The first kappa shape index (κ1) is 13.5. The minimum absolute atomic E-state index is 0.0256. The van der Waals surface area contributed by atoms with Crippen LogP contribution in [0.4, 0.5) is 0 Å². The van der Waals surface area contributed by atoms with Gasteiger partial charge in [0.15, 0.2) is 0 Å². The van der Waals surface area contributed by atoms with Crippen molar-refractivity contribution in [1.29, 1.82) is 0 Å². The van der Waals surface area contributed by atoms with Crippen molar-refractivity contribution in [3.63, 3.8) is 0 Å². The third kappa shape index (κ3) is 2.97. The quantitative estimate of drug-likeness (QED) is 0.631. The molecule has 0 aliphatic rings. The van der Waals surface area contributed by atoms with Crippen molar-refractivity contribution in [3.05, 3.63) is 72.4 Å². The largest absolute Gasteiger partial charge is 0.0991 e. The van der Waals surface area contributed by atoms with E-state index in [4.69, 9.17) is 0 Å². The molecular formula is C17H22. The molecule has 0 spiro atoms. The third-order valence-corrected chi connectivity index (χ3v) is 3.32. The number of hydrogen-bond donors (Lipinski definition) is 0. The predicted octanol–water partition coefficient (Wildman–Crippen LogP) is 4.83. The highest BCUT2D eigenvalue weighted by molar-refractivity contribution is 5.41. The monoisotopic (exact) mass is 226 g/mol. The van der Waals surface area contributed by atoms with Gasteiger partial charge in [-0.3, -0.25) is 0 Å². The molecule has 0 saturated carbocycles. The normalized spacial score (nSPS) is 12.3. The Hall–Kier alpha value is -1.56. The Balaban J connectivity index is 3.14. The van der Waals surface area contributed by atoms with Crippen LogP contribution in [-0.4, -0.2) is 0 Å². The topological polar surface area (TPSA) is 0 Å². The number of rotatable bonds is 5. The van der Waals surface area contributed by atoms with Crippen molar-refractivity contribution >= 4 is 0 Å². The van der Waals surface area contributed by atoms with Crippen LogP contribution in [-0.2, 0) is 11.8 Å². The molecule has 17 heavy (non-hydrogen) atoms. The summed E-state index contributed by atoms with van der Waals surface area (Å²) < 4.78 is 0. The molecule has 0 N–H and O–H groups in total. The van der Waals surface area contributed by atoms with Gasteiger partial charge in [-0.15, -0.1) is 0 Å². The van der Waals surface area contributed by atoms with Gasteiger partial charge in [0.2, 0.25) is 0 Å². The van der Waals surface area contributed by atoms with Gasteiger partial charge in [-0.05, 0) is 23.1 Å². The van der Waals surface area contributed by atoms with Crippen LogP contribution in [0.2, 0.25) is 0 Å². The van der Waals surface area contributed by atoms with Gasteiger partial charge >= 0.3 is 0 Å².